The minimum absolute atomic E-state index is 0.257. The third kappa shape index (κ3) is 6.11. The summed E-state index contributed by atoms with van der Waals surface area (Å²) in [6.45, 7) is 6.01. The molecule has 4 N–H and O–H groups in total. The topological polar surface area (TPSA) is 101 Å². The van der Waals surface area contributed by atoms with Crippen molar-refractivity contribution in [2.75, 3.05) is 50.2 Å². The van der Waals surface area contributed by atoms with Crippen molar-refractivity contribution in [2.24, 2.45) is 11.8 Å². The highest BCUT2D eigenvalue weighted by atomic mass is 16.5. The number of hydrogen-bond donors (Lipinski definition) is 4. The Morgan fingerprint density at radius 1 is 0.963 bits per heavy atom. The van der Waals surface area contributed by atoms with Crippen molar-refractivity contribution in [1.29, 1.82) is 0 Å². The van der Waals surface area contributed by atoms with Gasteiger partial charge in [-0.25, -0.2) is 9.59 Å². The molecule has 8 nitrogen and oxygen atoms in total. The lowest BCUT2D eigenvalue weighted by Gasteiger charge is -2.14. The first-order valence-corrected chi connectivity index (χ1v) is 9.46. The predicted molar refractivity (Wildman–Crippen MR) is 103 cm³/mol. The zero-order valence-electron chi connectivity index (χ0n) is 15.7. The quantitative estimate of drug-likeness (QED) is 0.612. The van der Waals surface area contributed by atoms with Crippen molar-refractivity contribution in [3.8, 4) is 0 Å². The highest BCUT2D eigenvalue weighted by Gasteiger charge is 2.17. The van der Waals surface area contributed by atoms with E-state index in [1.807, 2.05) is 19.1 Å². The zero-order chi connectivity index (χ0) is 19.1. The number of ether oxygens (including phenoxy) is 2. The lowest BCUT2D eigenvalue weighted by atomic mass is 10.1. The predicted octanol–water partition coefficient (Wildman–Crippen LogP) is 2.31. The van der Waals surface area contributed by atoms with Gasteiger partial charge in [-0.15, -0.1) is 0 Å². The van der Waals surface area contributed by atoms with E-state index in [0.29, 0.717) is 49.5 Å². The Balaban J connectivity index is 1.47. The van der Waals surface area contributed by atoms with Crippen LogP contribution in [0.25, 0.3) is 0 Å². The highest BCUT2D eigenvalue weighted by molar-refractivity contribution is 5.93. The van der Waals surface area contributed by atoms with E-state index in [1.54, 1.807) is 6.07 Å². The molecule has 4 amide bonds. The number of urea groups is 2. The van der Waals surface area contributed by atoms with Crippen LogP contribution in [0.2, 0.25) is 0 Å². The Morgan fingerprint density at radius 2 is 1.56 bits per heavy atom. The second-order valence-corrected chi connectivity index (χ2v) is 7.16. The van der Waals surface area contributed by atoms with Gasteiger partial charge in [-0.1, -0.05) is 6.07 Å². The van der Waals surface area contributed by atoms with Gasteiger partial charge in [0, 0.05) is 49.5 Å². The van der Waals surface area contributed by atoms with Crippen molar-refractivity contribution in [3.63, 3.8) is 0 Å². The molecule has 0 aromatic heterocycles. The molecule has 0 saturated carbocycles. The fourth-order valence-corrected chi connectivity index (χ4v) is 3.14. The van der Waals surface area contributed by atoms with Crippen molar-refractivity contribution in [1.82, 2.24) is 10.6 Å². The molecule has 2 saturated heterocycles. The summed E-state index contributed by atoms with van der Waals surface area (Å²) in [5, 5.41) is 11.4. The van der Waals surface area contributed by atoms with Gasteiger partial charge in [0.05, 0.1) is 13.2 Å². The van der Waals surface area contributed by atoms with Gasteiger partial charge in [-0.3, -0.25) is 0 Å². The van der Waals surface area contributed by atoms with Crippen molar-refractivity contribution < 1.29 is 19.1 Å². The molecule has 3 rings (SSSR count). The maximum atomic E-state index is 12.1. The van der Waals surface area contributed by atoms with Crippen LogP contribution >= 0.6 is 0 Å². The molecular weight excluding hydrogens is 348 g/mol. The van der Waals surface area contributed by atoms with Gasteiger partial charge in [-0.05, 0) is 37.5 Å². The van der Waals surface area contributed by atoms with E-state index in [9.17, 15) is 9.59 Å². The molecule has 2 aliphatic heterocycles. The van der Waals surface area contributed by atoms with Crippen molar-refractivity contribution >= 4 is 23.4 Å². The standard InChI is InChI=1S/C19H28N4O4/c1-13-2-3-16(22-18(24)20-9-14-4-6-26-11-14)8-17(13)23-19(25)21-10-15-5-7-27-12-15/h2-3,8,14-15H,4-7,9-12H2,1H3,(H2,20,22,24)(H2,21,23,25)/t14-,15+/m0/s1. The van der Waals surface area contributed by atoms with E-state index in [0.717, 1.165) is 31.6 Å². The average Bonchev–Trinajstić information content (AvgIpc) is 3.35. The smallest absolute Gasteiger partial charge is 0.319 e. The Kier molecular flexibility index (Phi) is 6.89. The van der Waals surface area contributed by atoms with Gasteiger partial charge in [0.15, 0.2) is 0 Å². The van der Waals surface area contributed by atoms with Gasteiger partial charge in [0.2, 0.25) is 0 Å². The normalized spacial score (nSPS) is 21.7. The van der Waals surface area contributed by atoms with E-state index in [4.69, 9.17) is 9.47 Å². The highest BCUT2D eigenvalue weighted by Crippen LogP contribution is 2.20. The molecule has 27 heavy (non-hydrogen) atoms. The van der Waals surface area contributed by atoms with Gasteiger partial charge >= 0.3 is 12.1 Å². The summed E-state index contributed by atoms with van der Waals surface area (Å²) in [4.78, 5) is 24.2. The fourth-order valence-electron chi connectivity index (χ4n) is 3.14. The SMILES string of the molecule is Cc1ccc(NC(=O)NC[C@@H]2CCOC2)cc1NC(=O)NC[C@H]1CCOC1. The molecule has 0 aliphatic carbocycles. The van der Waals surface area contributed by atoms with Crippen molar-refractivity contribution in [3.05, 3.63) is 23.8 Å². The van der Waals surface area contributed by atoms with Crippen LogP contribution in [0.15, 0.2) is 18.2 Å². The third-order valence-electron chi connectivity index (χ3n) is 4.89. The second-order valence-electron chi connectivity index (χ2n) is 7.16. The Hall–Kier alpha value is -2.32. The van der Waals surface area contributed by atoms with E-state index in [-0.39, 0.29) is 12.1 Å². The van der Waals surface area contributed by atoms with Gasteiger partial charge in [0.1, 0.15) is 0 Å². The molecule has 0 radical (unpaired) electrons. The molecular formula is C19H28N4O4. The molecule has 2 fully saturated rings. The summed E-state index contributed by atoms with van der Waals surface area (Å²) in [7, 11) is 0. The number of carbonyl (C=O) groups excluding carboxylic acids is 2. The van der Waals surface area contributed by atoms with E-state index in [2.05, 4.69) is 21.3 Å². The van der Waals surface area contributed by atoms with Gasteiger partial charge < -0.3 is 30.7 Å². The van der Waals surface area contributed by atoms with E-state index < -0.39 is 0 Å². The Morgan fingerprint density at radius 3 is 2.11 bits per heavy atom. The lowest BCUT2D eigenvalue weighted by molar-refractivity contribution is 0.185. The Labute approximate surface area is 159 Å². The van der Waals surface area contributed by atoms with Gasteiger partial charge in [-0.2, -0.15) is 0 Å². The zero-order valence-corrected chi connectivity index (χ0v) is 15.7. The third-order valence-corrected chi connectivity index (χ3v) is 4.89. The van der Waals surface area contributed by atoms with Crippen LogP contribution in [0.4, 0.5) is 21.0 Å². The summed E-state index contributed by atoms with van der Waals surface area (Å²) in [6, 6.07) is 4.91. The summed E-state index contributed by atoms with van der Waals surface area (Å²) in [5.41, 5.74) is 2.21. The Bertz CT molecular complexity index is 655. The monoisotopic (exact) mass is 376 g/mol. The van der Waals surface area contributed by atoms with Gasteiger partial charge in [0.25, 0.3) is 0 Å². The minimum Gasteiger partial charge on any atom is -0.381 e. The first-order chi connectivity index (χ1) is 13.1. The molecule has 8 heteroatoms. The van der Waals surface area contributed by atoms with Crippen LogP contribution in [-0.4, -0.2) is 51.6 Å². The summed E-state index contributed by atoms with van der Waals surface area (Å²) in [5.74, 6) is 0.749. The molecule has 2 aliphatic rings. The van der Waals surface area contributed by atoms with E-state index in [1.165, 1.54) is 0 Å². The number of amides is 4. The molecule has 0 unspecified atom stereocenters. The second kappa shape index (κ2) is 9.57. The summed E-state index contributed by atoms with van der Waals surface area (Å²) >= 11 is 0. The number of aryl methyl sites for hydroxylation is 1. The molecule has 2 atom stereocenters. The molecule has 2 heterocycles. The average molecular weight is 376 g/mol. The molecule has 0 bridgehead atoms. The number of benzene rings is 1. The first kappa shape index (κ1) is 19.4. The van der Waals surface area contributed by atoms with Crippen LogP contribution < -0.4 is 21.3 Å². The van der Waals surface area contributed by atoms with Crippen molar-refractivity contribution in [2.45, 2.75) is 19.8 Å². The molecule has 1 aromatic carbocycles. The van der Waals surface area contributed by atoms with Crippen LogP contribution in [0, 0.1) is 18.8 Å². The number of rotatable bonds is 6. The largest absolute Gasteiger partial charge is 0.381 e. The van der Waals surface area contributed by atoms with Crippen LogP contribution in [-0.2, 0) is 9.47 Å². The first-order valence-electron chi connectivity index (χ1n) is 9.46. The maximum Gasteiger partial charge on any atom is 0.319 e. The number of nitrogens with one attached hydrogen (secondary N) is 4. The number of hydrogen-bond acceptors (Lipinski definition) is 4. The van der Waals surface area contributed by atoms with Crippen LogP contribution in [0.5, 0.6) is 0 Å². The number of anilines is 2. The lowest BCUT2D eigenvalue weighted by Crippen LogP contribution is -2.34. The van der Waals surface area contributed by atoms with E-state index >= 15 is 0 Å². The molecule has 0 spiro atoms. The fraction of sp³-hybridized carbons (Fsp3) is 0.579. The summed E-state index contributed by atoms with van der Waals surface area (Å²) in [6.07, 6.45) is 1.95. The van der Waals surface area contributed by atoms with Crippen LogP contribution in [0.1, 0.15) is 18.4 Å². The maximum absolute atomic E-state index is 12.1. The molecule has 1 aromatic rings. The molecule has 148 valence electrons. The minimum atomic E-state index is -0.262. The number of carbonyl (C=O) groups is 2. The summed E-state index contributed by atoms with van der Waals surface area (Å²) < 4.78 is 10.6. The van der Waals surface area contributed by atoms with Crippen LogP contribution in [0.3, 0.4) is 0 Å².